The van der Waals surface area contributed by atoms with E-state index in [0.29, 0.717) is 11.7 Å². The summed E-state index contributed by atoms with van der Waals surface area (Å²) in [5.41, 5.74) is 3.87. The number of allylic oxidation sites excluding steroid dienone is 2. The molecule has 1 atom stereocenters. The fourth-order valence-electron chi connectivity index (χ4n) is 3.54. The number of nitrogens with zero attached hydrogens (tertiary/aromatic N) is 1. The molecule has 0 amide bonds. The zero-order valence-corrected chi connectivity index (χ0v) is 12.3. The fraction of sp³-hybridized carbons (Fsp3) is 0.500. The second-order valence-corrected chi connectivity index (χ2v) is 5.99. The van der Waals surface area contributed by atoms with E-state index in [0.717, 1.165) is 50.8 Å². The predicted octanol–water partition coefficient (Wildman–Crippen LogP) is 3.93. The average molecular weight is 269 g/mol. The van der Waals surface area contributed by atoms with E-state index < -0.39 is 0 Å². The van der Waals surface area contributed by atoms with Crippen LogP contribution in [0.5, 0.6) is 0 Å². The van der Waals surface area contributed by atoms with Gasteiger partial charge in [-0.25, -0.2) is 0 Å². The Morgan fingerprint density at radius 1 is 1.25 bits per heavy atom. The zero-order valence-electron chi connectivity index (χ0n) is 12.3. The van der Waals surface area contributed by atoms with Crippen LogP contribution in [0.2, 0.25) is 0 Å². The minimum atomic E-state index is 0.413. The number of hydrogen-bond donors (Lipinski definition) is 0. The second kappa shape index (κ2) is 5.82. The quantitative estimate of drug-likeness (QED) is 0.807. The molecule has 2 nitrogen and oxygen atoms in total. The van der Waals surface area contributed by atoms with Gasteiger partial charge in [-0.15, -0.1) is 0 Å². The zero-order chi connectivity index (χ0) is 13.9. The van der Waals surface area contributed by atoms with Gasteiger partial charge < -0.3 is 4.90 Å². The smallest absolute Gasteiger partial charge is 0.161 e. The lowest BCUT2D eigenvalue weighted by molar-refractivity contribution is -0.115. The molecule has 0 aromatic heterocycles. The molecule has 1 saturated heterocycles. The molecule has 1 aliphatic carbocycles. The van der Waals surface area contributed by atoms with Gasteiger partial charge >= 0.3 is 0 Å². The van der Waals surface area contributed by atoms with E-state index in [4.69, 9.17) is 0 Å². The Morgan fingerprint density at radius 2 is 2.05 bits per heavy atom. The average Bonchev–Trinajstić information content (AvgIpc) is 2.98. The lowest BCUT2D eigenvalue weighted by atomic mass is 10.1. The SMILES string of the molecule is CCCCC1=C2C(CCN2Cc2ccccc2)CC1=O. The summed E-state index contributed by atoms with van der Waals surface area (Å²) >= 11 is 0. The summed E-state index contributed by atoms with van der Waals surface area (Å²) in [4.78, 5) is 14.7. The van der Waals surface area contributed by atoms with Gasteiger partial charge in [0.05, 0.1) is 0 Å². The topological polar surface area (TPSA) is 20.3 Å². The Kier molecular flexibility index (Phi) is 3.90. The molecule has 2 aliphatic rings. The number of unbranched alkanes of at least 4 members (excludes halogenated alkanes) is 1. The first-order valence-corrected chi connectivity index (χ1v) is 7.84. The normalized spacial score (nSPS) is 21.8. The van der Waals surface area contributed by atoms with E-state index in [9.17, 15) is 4.79 Å². The van der Waals surface area contributed by atoms with Gasteiger partial charge in [0.25, 0.3) is 0 Å². The summed E-state index contributed by atoms with van der Waals surface area (Å²) < 4.78 is 0. The molecule has 1 heterocycles. The van der Waals surface area contributed by atoms with Crippen molar-refractivity contribution in [3.05, 3.63) is 47.2 Å². The van der Waals surface area contributed by atoms with Crippen molar-refractivity contribution >= 4 is 5.78 Å². The van der Waals surface area contributed by atoms with Crippen LogP contribution in [0, 0.1) is 5.92 Å². The van der Waals surface area contributed by atoms with E-state index in [1.807, 2.05) is 0 Å². The van der Waals surface area contributed by atoms with Crippen LogP contribution in [0.1, 0.15) is 44.6 Å². The van der Waals surface area contributed by atoms with Crippen LogP contribution < -0.4 is 0 Å². The molecule has 1 aliphatic heterocycles. The number of benzene rings is 1. The minimum absolute atomic E-state index is 0.413. The maximum Gasteiger partial charge on any atom is 0.161 e. The lowest BCUT2D eigenvalue weighted by Crippen LogP contribution is -2.19. The third-order valence-electron chi connectivity index (χ3n) is 4.55. The first kappa shape index (κ1) is 13.4. The van der Waals surface area contributed by atoms with E-state index in [1.165, 1.54) is 11.3 Å². The van der Waals surface area contributed by atoms with Gasteiger partial charge in [-0.2, -0.15) is 0 Å². The van der Waals surface area contributed by atoms with E-state index in [1.54, 1.807) is 0 Å². The molecular weight excluding hydrogens is 246 g/mol. The molecule has 20 heavy (non-hydrogen) atoms. The molecule has 1 aromatic rings. The van der Waals surface area contributed by atoms with Crippen molar-refractivity contribution in [1.82, 2.24) is 4.90 Å². The molecule has 106 valence electrons. The summed E-state index contributed by atoms with van der Waals surface area (Å²) in [6, 6.07) is 10.6. The van der Waals surface area contributed by atoms with Crippen molar-refractivity contribution in [3.8, 4) is 0 Å². The van der Waals surface area contributed by atoms with Crippen LogP contribution in [0.4, 0.5) is 0 Å². The molecule has 0 bridgehead atoms. The maximum absolute atomic E-state index is 12.2. The lowest BCUT2D eigenvalue weighted by Gasteiger charge is -2.22. The van der Waals surface area contributed by atoms with Gasteiger partial charge in [0.1, 0.15) is 0 Å². The van der Waals surface area contributed by atoms with E-state index in [2.05, 4.69) is 42.2 Å². The molecule has 1 unspecified atom stereocenters. The number of rotatable bonds is 5. The Balaban J connectivity index is 1.81. The highest BCUT2D eigenvalue weighted by molar-refractivity contribution is 5.99. The van der Waals surface area contributed by atoms with Gasteiger partial charge in [-0.1, -0.05) is 43.7 Å². The molecule has 0 saturated carbocycles. The molecule has 1 aromatic carbocycles. The van der Waals surface area contributed by atoms with Crippen molar-refractivity contribution in [2.75, 3.05) is 6.54 Å². The molecule has 0 spiro atoms. The molecule has 1 fully saturated rings. The van der Waals surface area contributed by atoms with Crippen LogP contribution >= 0.6 is 0 Å². The molecule has 0 N–H and O–H groups in total. The van der Waals surface area contributed by atoms with Crippen LogP contribution in [-0.4, -0.2) is 17.2 Å². The highest BCUT2D eigenvalue weighted by Crippen LogP contribution is 2.41. The van der Waals surface area contributed by atoms with Gasteiger partial charge in [0.2, 0.25) is 0 Å². The Bertz CT molecular complexity index is 517. The number of Topliss-reactive ketones (excluding diaryl/α,β-unsaturated/α-hetero) is 1. The molecule has 2 heteroatoms. The number of carbonyl (C=O) groups excluding carboxylic acids is 1. The van der Waals surface area contributed by atoms with Crippen LogP contribution in [0.15, 0.2) is 41.6 Å². The first-order chi connectivity index (χ1) is 9.79. The highest BCUT2D eigenvalue weighted by atomic mass is 16.1. The number of fused-ring (bicyclic) bond motifs is 1. The van der Waals surface area contributed by atoms with Crippen LogP contribution in [0.25, 0.3) is 0 Å². The summed E-state index contributed by atoms with van der Waals surface area (Å²) in [5, 5.41) is 0. The maximum atomic E-state index is 12.2. The third-order valence-corrected chi connectivity index (χ3v) is 4.55. The standard InChI is InChI=1S/C18H23NO/c1-2-3-9-16-17(20)12-15-10-11-19(18(15)16)13-14-7-5-4-6-8-14/h4-8,15H,2-3,9-13H2,1H3. The van der Waals surface area contributed by atoms with Crippen LogP contribution in [-0.2, 0) is 11.3 Å². The minimum Gasteiger partial charge on any atom is -0.370 e. The van der Waals surface area contributed by atoms with E-state index in [-0.39, 0.29) is 0 Å². The Morgan fingerprint density at radius 3 is 2.80 bits per heavy atom. The van der Waals surface area contributed by atoms with Crippen molar-refractivity contribution in [3.63, 3.8) is 0 Å². The van der Waals surface area contributed by atoms with Crippen molar-refractivity contribution < 1.29 is 4.79 Å². The number of hydrogen-bond acceptors (Lipinski definition) is 2. The highest BCUT2D eigenvalue weighted by Gasteiger charge is 2.38. The summed E-state index contributed by atoms with van der Waals surface area (Å²) in [7, 11) is 0. The Labute approximate surface area is 121 Å². The van der Waals surface area contributed by atoms with Gasteiger partial charge in [0.15, 0.2) is 5.78 Å². The van der Waals surface area contributed by atoms with E-state index >= 15 is 0 Å². The van der Waals surface area contributed by atoms with Gasteiger partial charge in [-0.3, -0.25) is 4.79 Å². The second-order valence-electron chi connectivity index (χ2n) is 5.99. The summed E-state index contributed by atoms with van der Waals surface area (Å²) in [5.74, 6) is 0.925. The van der Waals surface area contributed by atoms with Crippen molar-refractivity contribution in [2.45, 2.75) is 45.6 Å². The molecule has 3 rings (SSSR count). The molecular formula is C18H23NO. The Hall–Kier alpha value is -1.57. The predicted molar refractivity (Wildman–Crippen MR) is 81.1 cm³/mol. The summed E-state index contributed by atoms with van der Waals surface area (Å²) in [6.07, 6.45) is 5.19. The largest absolute Gasteiger partial charge is 0.370 e. The van der Waals surface area contributed by atoms with Gasteiger partial charge in [0, 0.05) is 36.7 Å². The van der Waals surface area contributed by atoms with Gasteiger partial charge in [-0.05, 0) is 24.8 Å². The third kappa shape index (κ3) is 2.52. The number of carbonyl (C=O) groups is 1. The monoisotopic (exact) mass is 269 g/mol. The van der Waals surface area contributed by atoms with Crippen LogP contribution in [0.3, 0.4) is 0 Å². The summed E-state index contributed by atoms with van der Waals surface area (Å²) in [6.45, 7) is 4.26. The number of ketones is 1. The first-order valence-electron chi connectivity index (χ1n) is 7.84. The molecule has 0 radical (unpaired) electrons. The fourth-order valence-corrected chi connectivity index (χ4v) is 3.54. The van der Waals surface area contributed by atoms with Crippen molar-refractivity contribution in [1.29, 1.82) is 0 Å². The van der Waals surface area contributed by atoms with Crippen molar-refractivity contribution in [2.24, 2.45) is 5.92 Å². The number of likely N-dealkylation sites (tertiary alicyclic amines) is 1.